The van der Waals surface area contributed by atoms with E-state index in [-0.39, 0.29) is 12.4 Å². The minimum Gasteiger partial charge on any atom is -0.465 e. The number of amides is 2. The van der Waals surface area contributed by atoms with Gasteiger partial charge in [0, 0.05) is 25.4 Å². The molecule has 270 valence electrons. The van der Waals surface area contributed by atoms with Crippen LogP contribution in [0.15, 0.2) is 0 Å². The number of imide groups is 1. The number of rotatable bonds is 32. The van der Waals surface area contributed by atoms with Gasteiger partial charge in [-0.3, -0.25) is 19.3 Å². The molecular weight excluding hydrogens is 621 g/mol. The standard InChI is InChI=1S/C36H68N2O6S2/c1-5-7-9-11-13-15-17-19-21-23-25-27-43-35(41)33(37)29-45-46-30-34(38(31(3)39)32(4)40)36(42)44-28-26-24-22-20-18-16-14-12-10-8-6-2/h33-34H,5-30,37H2,1-4H3/t33-,34-/m0/s1. The molecule has 0 spiro atoms. The number of esters is 2. The van der Waals surface area contributed by atoms with E-state index in [4.69, 9.17) is 15.2 Å². The predicted molar refractivity (Wildman–Crippen MR) is 195 cm³/mol. The van der Waals surface area contributed by atoms with Gasteiger partial charge in [0.15, 0.2) is 0 Å². The summed E-state index contributed by atoms with van der Waals surface area (Å²) in [7, 11) is 2.61. The van der Waals surface area contributed by atoms with E-state index < -0.39 is 35.8 Å². The number of carbonyl (C=O) groups is 4. The first-order valence-electron chi connectivity index (χ1n) is 18.4. The van der Waals surface area contributed by atoms with Gasteiger partial charge in [-0.15, -0.1) is 0 Å². The minimum atomic E-state index is -1.02. The Bertz CT molecular complexity index is 772. The van der Waals surface area contributed by atoms with Crippen molar-refractivity contribution in [3.8, 4) is 0 Å². The first kappa shape index (κ1) is 44.7. The van der Waals surface area contributed by atoms with Crippen LogP contribution in [0, 0.1) is 0 Å². The predicted octanol–water partition coefficient (Wildman–Crippen LogP) is 9.17. The van der Waals surface area contributed by atoms with Gasteiger partial charge < -0.3 is 15.2 Å². The van der Waals surface area contributed by atoms with Crippen LogP contribution in [-0.2, 0) is 28.7 Å². The van der Waals surface area contributed by atoms with Gasteiger partial charge in [0.1, 0.15) is 12.1 Å². The lowest BCUT2D eigenvalue weighted by atomic mass is 10.1. The van der Waals surface area contributed by atoms with Crippen LogP contribution in [0.25, 0.3) is 0 Å². The molecule has 0 saturated heterocycles. The summed E-state index contributed by atoms with van der Waals surface area (Å²) in [6, 6.07) is -1.81. The highest BCUT2D eigenvalue weighted by Crippen LogP contribution is 2.25. The number of nitrogens with two attached hydrogens (primary N) is 1. The average molecular weight is 689 g/mol. The summed E-state index contributed by atoms with van der Waals surface area (Å²) in [6.07, 6.45) is 26.7. The van der Waals surface area contributed by atoms with Gasteiger partial charge >= 0.3 is 11.9 Å². The van der Waals surface area contributed by atoms with Crippen LogP contribution in [0.4, 0.5) is 0 Å². The molecule has 0 fully saturated rings. The quantitative estimate of drug-likeness (QED) is 0.0419. The smallest absolute Gasteiger partial charge is 0.330 e. The van der Waals surface area contributed by atoms with Crippen molar-refractivity contribution in [2.75, 3.05) is 24.7 Å². The van der Waals surface area contributed by atoms with Gasteiger partial charge in [-0.25, -0.2) is 4.79 Å². The Morgan fingerprint density at radius 3 is 1.22 bits per heavy atom. The fourth-order valence-corrected chi connectivity index (χ4v) is 7.59. The zero-order chi connectivity index (χ0) is 34.3. The highest BCUT2D eigenvalue weighted by molar-refractivity contribution is 8.76. The van der Waals surface area contributed by atoms with Crippen molar-refractivity contribution in [2.45, 2.75) is 181 Å². The highest BCUT2D eigenvalue weighted by Gasteiger charge is 2.32. The topological polar surface area (TPSA) is 116 Å². The molecule has 0 aromatic carbocycles. The molecule has 46 heavy (non-hydrogen) atoms. The summed E-state index contributed by atoms with van der Waals surface area (Å²) in [5.41, 5.74) is 6.03. The summed E-state index contributed by atoms with van der Waals surface area (Å²) in [5, 5.41) is 0. The Balaban J connectivity index is 4.23. The molecule has 0 bridgehead atoms. The van der Waals surface area contributed by atoms with Gasteiger partial charge in [0.2, 0.25) is 11.8 Å². The van der Waals surface area contributed by atoms with Gasteiger partial charge in [-0.1, -0.05) is 164 Å². The molecule has 0 aliphatic heterocycles. The average Bonchev–Trinajstić information content (AvgIpc) is 3.02. The van der Waals surface area contributed by atoms with E-state index in [1.807, 2.05) is 0 Å². The molecule has 2 amide bonds. The minimum absolute atomic E-state index is 0.154. The van der Waals surface area contributed by atoms with E-state index in [1.54, 1.807) is 0 Å². The molecule has 2 atom stereocenters. The van der Waals surface area contributed by atoms with E-state index in [9.17, 15) is 19.2 Å². The summed E-state index contributed by atoms with van der Waals surface area (Å²) in [5.74, 6) is -1.57. The molecule has 0 aliphatic carbocycles. The second kappa shape index (κ2) is 32.3. The second-order valence-corrected chi connectivity index (χ2v) is 15.1. The normalized spacial score (nSPS) is 12.5. The van der Waals surface area contributed by atoms with Crippen molar-refractivity contribution in [3.05, 3.63) is 0 Å². The van der Waals surface area contributed by atoms with E-state index in [2.05, 4.69) is 13.8 Å². The Morgan fingerprint density at radius 1 is 0.522 bits per heavy atom. The van der Waals surface area contributed by atoms with E-state index in [0.717, 1.165) is 43.4 Å². The Hall–Kier alpha value is -1.26. The van der Waals surface area contributed by atoms with Crippen LogP contribution in [0.3, 0.4) is 0 Å². The maximum Gasteiger partial charge on any atom is 0.330 e. The molecule has 2 N–H and O–H groups in total. The molecule has 10 heteroatoms. The summed E-state index contributed by atoms with van der Waals surface area (Å²) < 4.78 is 10.8. The zero-order valence-corrected chi connectivity index (χ0v) is 31.5. The monoisotopic (exact) mass is 688 g/mol. The zero-order valence-electron chi connectivity index (χ0n) is 29.8. The number of unbranched alkanes of at least 4 members (excludes halogenated alkanes) is 20. The lowest BCUT2D eigenvalue weighted by Gasteiger charge is -2.26. The van der Waals surface area contributed by atoms with Gasteiger partial charge in [0.05, 0.1) is 13.2 Å². The first-order valence-corrected chi connectivity index (χ1v) is 20.9. The maximum atomic E-state index is 12.9. The lowest BCUT2D eigenvalue weighted by molar-refractivity contribution is -0.159. The Kier molecular flexibility index (Phi) is 31.4. The van der Waals surface area contributed by atoms with Crippen LogP contribution >= 0.6 is 21.6 Å². The van der Waals surface area contributed by atoms with E-state index >= 15 is 0 Å². The Labute approximate surface area is 289 Å². The van der Waals surface area contributed by atoms with Crippen LogP contribution in [0.5, 0.6) is 0 Å². The fraction of sp³-hybridized carbons (Fsp3) is 0.889. The Morgan fingerprint density at radius 2 is 0.848 bits per heavy atom. The third-order valence-corrected chi connectivity index (χ3v) is 10.5. The van der Waals surface area contributed by atoms with Crippen LogP contribution in [0.2, 0.25) is 0 Å². The van der Waals surface area contributed by atoms with Crippen LogP contribution in [-0.4, -0.2) is 65.5 Å². The number of hydrogen-bond acceptors (Lipinski definition) is 9. The third-order valence-electron chi connectivity index (χ3n) is 8.11. The molecule has 0 unspecified atom stereocenters. The summed E-state index contributed by atoms with van der Waals surface area (Å²) in [6.45, 7) is 7.65. The fourth-order valence-electron chi connectivity index (χ4n) is 5.29. The molecule has 0 rings (SSSR count). The second-order valence-electron chi connectivity index (χ2n) is 12.5. The number of ether oxygens (including phenoxy) is 2. The van der Waals surface area contributed by atoms with Crippen molar-refractivity contribution in [1.29, 1.82) is 0 Å². The first-order chi connectivity index (χ1) is 22.3. The van der Waals surface area contributed by atoms with Gasteiger partial charge in [-0.05, 0) is 12.8 Å². The number of hydrogen-bond donors (Lipinski definition) is 1. The van der Waals surface area contributed by atoms with Crippen molar-refractivity contribution in [2.24, 2.45) is 5.73 Å². The largest absolute Gasteiger partial charge is 0.465 e. The van der Waals surface area contributed by atoms with Crippen molar-refractivity contribution in [1.82, 2.24) is 4.90 Å². The van der Waals surface area contributed by atoms with Crippen molar-refractivity contribution >= 4 is 45.3 Å². The molecule has 0 radical (unpaired) electrons. The molecule has 0 heterocycles. The van der Waals surface area contributed by atoms with E-state index in [1.165, 1.54) is 138 Å². The van der Waals surface area contributed by atoms with Crippen LogP contribution in [0.1, 0.15) is 169 Å². The maximum absolute atomic E-state index is 12.9. The summed E-state index contributed by atoms with van der Waals surface area (Å²) >= 11 is 0. The SMILES string of the molecule is CCCCCCCCCCCCCOC(=O)[C@@H](N)CSSC[C@@H](C(=O)OCCCCCCCCCCCCC)N(C(C)=O)C(C)=O. The number of nitrogens with zero attached hydrogens (tertiary/aromatic N) is 1. The molecule has 0 aromatic rings. The molecule has 0 saturated carbocycles. The third kappa shape index (κ3) is 25.8. The van der Waals surface area contributed by atoms with Crippen molar-refractivity contribution in [3.63, 3.8) is 0 Å². The van der Waals surface area contributed by atoms with Crippen LogP contribution < -0.4 is 5.73 Å². The van der Waals surface area contributed by atoms with E-state index in [0.29, 0.717) is 12.4 Å². The molecule has 0 aliphatic rings. The van der Waals surface area contributed by atoms with Gasteiger partial charge in [0.25, 0.3) is 0 Å². The summed E-state index contributed by atoms with van der Waals surface area (Å²) in [4.78, 5) is 50.6. The molecule has 8 nitrogen and oxygen atoms in total. The van der Waals surface area contributed by atoms with Gasteiger partial charge in [-0.2, -0.15) is 0 Å². The molecule has 0 aromatic heterocycles. The lowest BCUT2D eigenvalue weighted by Crippen LogP contribution is -2.49. The van der Waals surface area contributed by atoms with Crippen molar-refractivity contribution < 1.29 is 28.7 Å². The molecular formula is C36H68N2O6S2. The highest BCUT2D eigenvalue weighted by atomic mass is 33.1. The number of carbonyl (C=O) groups excluding carboxylic acids is 4.